The molecule has 0 saturated heterocycles. The summed E-state index contributed by atoms with van der Waals surface area (Å²) in [5.74, 6) is 1.64. The molecule has 0 aliphatic carbocycles. The Kier molecular flexibility index (Phi) is 6.42. The lowest BCUT2D eigenvalue weighted by Crippen LogP contribution is -2.00. The topological polar surface area (TPSA) is 30.7 Å². The summed E-state index contributed by atoms with van der Waals surface area (Å²) in [4.78, 5) is 0. The molecule has 11 rings (SSSR count). The third-order valence-electron chi connectivity index (χ3n) is 10.4. The zero-order valence-electron chi connectivity index (χ0n) is 28.0. The molecular weight excluding hydrogens is 651 g/mol. The van der Waals surface area contributed by atoms with Gasteiger partial charge in [-0.3, -0.25) is 4.57 Å². The molecule has 0 unspecified atom stereocenters. The first kappa shape index (κ1) is 29.1. The van der Waals surface area contributed by atoms with Crippen molar-refractivity contribution in [3.63, 3.8) is 0 Å². The molecule has 11 aromatic rings. The number of rotatable bonds is 5. The van der Waals surface area contributed by atoms with Crippen LogP contribution in [0.5, 0.6) is 0 Å². The molecule has 0 amide bonds. The van der Waals surface area contributed by atoms with Gasteiger partial charge >= 0.3 is 0 Å². The first-order valence-electron chi connectivity index (χ1n) is 17.6. The first-order valence-corrected chi connectivity index (χ1v) is 18.4. The Balaban J connectivity index is 0.976. The highest BCUT2D eigenvalue weighted by atomic mass is 32.1. The van der Waals surface area contributed by atoms with Crippen LogP contribution in [0.3, 0.4) is 0 Å². The molecule has 9 aromatic carbocycles. The van der Waals surface area contributed by atoms with Crippen molar-refractivity contribution in [3.05, 3.63) is 176 Å². The average molecular weight is 680 g/mol. The van der Waals surface area contributed by atoms with Crippen molar-refractivity contribution in [2.75, 3.05) is 0 Å². The molecule has 0 bridgehead atoms. The van der Waals surface area contributed by atoms with Crippen LogP contribution in [-0.2, 0) is 0 Å². The second kappa shape index (κ2) is 11.5. The van der Waals surface area contributed by atoms with E-state index in [2.05, 4.69) is 161 Å². The molecule has 0 aliphatic heterocycles. The maximum atomic E-state index is 4.70. The fourth-order valence-electron chi connectivity index (χ4n) is 7.96. The van der Waals surface area contributed by atoms with Crippen LogP contribution >= 0.6 is 11.3 Å². The lowest BCUT2D eigenvalue weighted by Gasteiger charge is -2.15. The average Bonchev–Trinajstić information content (AvgIpc) is 3.82. The molecule has 0 atom stereocenters. The molecule has 52 heavy (non-hydrogen) atoms. The standard InChI is InChI=1S/C48H29N3S/c1-3-9-31(10-4-1)47-49-50-48(51(47)40-11-5-2-6-12-40)32-17-15-30(16-18-32)38-25-34-19-21-36-27-39(28-37-22-20-35(26-38)45(34)46(36)37)33-23-24-44-42(29-33)41-13-7-8-14-43(41)52-44/h1-29H. The fourth-order valence-corrected chi connectivity index (χ4v) is 9.04. The largest absolute Gasteiger partial charge is 0.275 e. The quantitative estimate of drug-likeness (QED) is 0.170. The van der Waals surface area contributed by atoms with Gasteiger partial charge in [-0.05, 0) is 109 Å². The zero-order chi connectivity index (χ0) is 34.2. The summed E-state index contributed by atoms with van der Waals surface area (Å²) < 4.78 is 4.82. The molecule has 0 fully saturated rings. The van der Waals surface area contributed by atoms with Crippen LogP contribution in [0.1, 0.15) is 0 Å². The Hall–Kier alpha value is -6.62. The smallest absolute Gasteiger partial charge is 0.168 e. The summed E-state index contributed by atoms with van der Waals surface area (Å²) in [5.41, 5.74) is 7.95. The van der Waals surface area contributed by atoms with E-state index in [4.69, 9.17) is 5.10 Å². The summed E-state index contributed by atoms with van der Waals surface area (Å²) in [6.07, 6.45) is 0. The third-order valence-corrected chi connectivity index (χ3v) is 11.6. The van der Waals surface area contributed by atoms with Gasteiger partial charge in [-0.1, -0.05) is 121 Å². The second-order valence-corrected chi connectivity index (χ2v) is 14.6. The van der Waals surface area contributed by atoms with Crippen molar-refractivity contribution in [1.82, 2.24) is 14.8 Å². The second-order valence-electron chi connectivity index (χ2n) is 13.5. The van der Waals surface area contributed by atoms with Gasteiger partial charge in [-0.15, -0.1) is 21.5 Å². The van der Waals surface area contributed by atoms with E-state index in [9.17, 15) is 0 Å². The van der Waals surface area contributed by atoms with Gasteiger partial charge in [-0.25, -0.2) is 0 Å². The summed E-state index contributed by atoms with van der Waals surface area (Å²) in [6, 6.07) is 63.5. The van der Waals surface area contributed by atoms with Gasteiger partial charge in [0.2, 0.25) is 0 Å². The van der Waals surface area contributed by atoms with E-state index in [0.717, 1.165) is 28.5 Å². The van der Waals surface area contributed by atoms with Crippen LogP contribution in [0.2, 0.25) is 0 Å². The monoisotopic (exact) mass is 679 g/mol. The Morgan fingerprint density at radius 2 is 0.827 bits per heavy atom. The van der Waals surface area contributed by atoms with Gasteiger partial charge in [0.05, 0.1) is 0 Å². The van der Waals surface area contributed by atoms with E-state index in [-0.39, 0.29) is 0 Å². The van der Waals surface area contributed by atoms with Crippen LogP contribution < -0.4 is 0 Å². The number of nitrogens with zero attached hydrogens (tertiary/aromatic N) is 3. The maximum Gasteiger partial charge on any atom is 0.168 e. The lowest BCUT2D eigenvalue weighted by molar-refractivity contribution is 1.07. The molecule has 2 aromatic heterocycles. The summed E-state index contributed by atoms with van der Waals surface area (Å²) in [6.45, 7) is 0. The highest BCUT2D eigenvalue weighted by Crippen LogP contribution is 2.41. The van der Waals surface area contributed by atoms with Gasteiger partial charge in [0.25, 0.3) is 0 Å². The van der Waals surface area contributed by atoms with Crippen LogP contribution in [0.15, 0.2) is 176 Å². The van der Waals surface area contributed by atoms with Crippen LogP contribution in [-0.4, -0.2) is 14.8 Å². The SMILES string of the molecule is c1ccc(-c2nnc(-c3ccc(-c4cc5ccc6cc(-c7ccc8sc9ccccc9c8c7)cc7ccc(c4)c5c67)cc3)n2-c2ccccc2)cc1. The molecule has 242 valence electrons. The molecule has 0 saturated carbocycles. The number of aromatic nitrogens is 3. The summed E-state index contributed by atoms with van der Waals surface area (Å²) in [7, 11) is 0. The minimum atomic E-state index is 0.815. The molecule has 4 heteroatoms. The van der Waals surface area contributed by atoms with E-state index < -0.39 is 0 Å². The van der Waals surface area contributed by atoms with Crippen molar-refractivity contribution in [2.45, 2.75) is 0 Å². The molecule has 0 aliphatic rings. The van der Waals surface area contributed by atoms with Crippen LogP contribution in [0.4, 0.5) is 0 Å². The van der Waals surface area contributed by atoms with Crippen molar-refractivity contribution >= 4 is 63.8 Å². The molecule has 0 spiro atoms. The zero-order valence-corrected chi connectivity index (χ0v) is 28.8. The minimum absolute atomic E-state index is 0.815. The lowest BCUT2D eigenvalue weighted by atomic mass is 9.89. The highest BCUT2D eigenvalue weighted by molar-refractivity contribution is 7.25. The number of benzene rings is 9. The van der Waals surface area contributed by atoms with Crippen molar-refractivity contribution in [2.24, 2.45) is 0 Å². The summed E-state index contributed by atoms with van der Waals surface area (Å²) >= 11 is 1.87. The fraction of sp³-hybridized carbons (Fsp3) is 0. The number of hydrogen-bond donors (Lipinski definition) is 0. The number of fused-ring (bicyclic) bond motifs is 3. The summed E-state index contributed by atoms with van der Waals surface area (Å²) in [5, 5.41) is 19.7. The van der Waals surface area contributed by atoms with E-state index in [1.54, 1.807) is 0 Å². The highest BCUT2D eigenvalue weighted by Gasteiger charge is 2.18. The van der Waals surface area contributed by atoms with Crippen molar-refractivity contribution < 1.29 is 0 Å². The maximum absolute atomic E-state index is 4.70. The number of thiophene rings is 1. The number of hydrogen-bond acceptors (Lipinski definition) is 3. The van der Waals surface area contributed by atoms with Crippen LogP contribution in [0.25, 0.3) is 103 Å². The predicted molar refractivity (Wildman–Crippen MR) is 220 cm³/mol. The van der Waals surface area contributed by atoms with Crippen LogP contribution in [0, 0.1) is 0 Å². The van der Waals surface area contributed by atoms with Crippen molar-refractivity contribution in [3.8, 4) is 50.7 Å². The van der Waals surface area contributed by atoms with Gasteiger partial charge < -0.3 is 0 Å². The van der Waals surface area contributed by atoms with E-state index in [1.165, 1.54) is 74.7 Å². The minimum Gasteiger partial charge on any atom is -0.275 e. The molecule has 2 heterocycles. The molecule has 0 N–H and O–H groups in total. The molecular formula is C48H29N3S. The van der Waals surface area contributed by atoms with Crippen molar-refractivity contribution in [1.29, 1.82) is 0 Å². The van der Waals surface area contributed by atoms with Gasteiger partial charge in [0.15, 0.2) is 11.6 Å². The Bertz CT molecular complexity index is 3040. The molecule has 0 radical (unpaired) electrons. The predicted octanol–water partition coefficient (Wildman–Crippen LogP) is 13.2. The first-order chi connectivity index (χ1) is 25.7. The third kappa shape index (κ3) is 4.58. The van der Waals surface area contributed by atoms with E-state index >= 15 is 0 Å². The van der Waals surface area contributed by atoms with E-state index in [1.807, 2.05) is 35.6 Å². The Morgan fingerprint density at radius 1 is 0.346 bits per heavy atom. The van der Waals surface area contributed by atoms with Gasteiger partial charge in [0.1, 0.15) is 0 Å². The normalized spacial score (nSPS) is 11.8. The van der Waals surface area contributed by atoms with Gasteiger partial charge in [-0.2, -0.15) is 0 Å². The molecule has 3 nitrogen and oxygen atoms in total. The van der Waals surface area contributed by atoms with E-state index in [0.29, 0.717) is 0 Å². The van der Waals surface area contributed by atoms with Gasteiger partial charge in [0, 0.05) is 37.0 Å². The number of para-hydroxylation sites is 1. The Labute approximate surface area is 304 Å². The Morgan fingerprint density at radius 3 is 1.46 bits per heavy atom.